The third-order valence-corrected chi connectivity index (χ3v) is 6.59. The van der Waals surface area contributed by atoms with Crippen molar-refractivity contribution in [2.75, 3.05) is 13.1 Å². The molecule has 0 radical (unpaired) electrons. The molecule has 2 atom stereocenters. The Morgan fingerprint density at radius 2 is 1.87 bits per heavy atom. The molecular weight excluding hydrogens is 380 g/mol. The van der Waals surface area contributed by atoms with Crippen LogP contribution in [-0.4, -0.2) is 23.1 Å². The SMILES string of the molecule is CC(c1[nH]c2ccc(C#N)cc2c1-c1cncc(-c2ccccc2)c1)C1CCCNC1. The first-order valence-corrected chi connectivity index (χ1v) is 11.0. The molecule has 5 rings (SSSR count). The van der Waals surface area contributed by atoms with Gasteiger partial charge in [0.15, 0.2) is 0 Å². The van der Waals surface area contributed by atoms with E-state index in [9.17, 15) is 5.26 Å². The minimum Gasteiger partial charge on any atom is -0.358 e. The second-order valence-electron chi connectivity index (χ2n) is 8.51. The number of pyridine rings is 1. The highest BCUT2D eigenvalue weighted by atomic mass is 14.9. The van der Waals surface area contributed by atoms with Crippen LogP contribution < -0.4 is 5.32 Å². The van der Waals surface area contributed by atoms with Gasteiger partial charge in [-0.15, -0.1) is 0 Å². The fraction of sp³-hybridized carbons (Fsp3) is 0.259. The molecule has 1 aliphatic heterocycles. The van der Waals surface area contributed by atoms with Gasteiger partial charge < -0.3 is 10.3 Å². The van der Waals surface area contributed by atoms with Crippen molar-refractivity contribution in [1.29, 1.82) is 5.26 Å². The molecule has 1 aliphatic rings. The molecule has 1 saturated heterocycles. The first-order valence-electron chi connectivity index (χ1n) is 11.0. The summed E-state index contributed by atoms with van der Waals surface area (Å²) in [6, 6.07) is 20.8. The Bertz CT molecular complexity index is 1240. The van der Waals surface area contributed by atoms with Crippen molar-refractivity contribution in [2.24, 2.45) is 5.92 Å². The zero-order chi connectivity index (χ0) is 21.2. The van der Waals surface area contributed by atoms with E-state index in [-0.39, 0.29) is 0 Å². The number of nitriles is 1. The smallest absolute Gasteiger partial charge is 0.0991 e. The summed E-state index contributed by atoms with van der Waals surface area (Å²) in [6.07, 6.45) is 6.31. The number of nitrogens with zero attached hydrogens (tertiary/aromatic N) is 2. The van der Waals surface area contributed by atoms with Crippen molar-refractivity contribution in [2.45, 2.75) is 25.7 Å². The highest BCUT2D eigenvalue weighted by molar-refractivity contribution is 5.99. The fourth-order valence-corrected chi connectivity index (χ4v) is 4.84. The molecule has 0 saturated carbocycles. The monoisotopic (exact) mass is 406 g/mol. The van der Waals surface area contributed by atoms with Gasteiger partial charge in [-0.2, -0.15) is 5.26 Å². The zero-order valence-corrected chi connectivity index (χ0v) is 17.7. The number of benzene rings is 2. The first kappa shape index (κ1) is 19.5. The Hall–Kier alpha value is -3.42. The van der Waals surface area contributed by atoms with Crippen LogP contribution in [0.4, 0.5) is 0 Å². The van der Waals surface area contributed by atoms with E-state index in [0.29, 0.717) is 17.4 Å². The summed E-state index contributed by atoms with van der Waals surface area (Å²) >= 11 is 0. The van der Waals surface area contributed by atoms with Gasteiger partial charge in [0.05, 0.1) is 11.6 Å². The molecule has 3 heterocycles. The summed E-state index contributed by atoms with van der Waals surface area (Å²) in [6.45, 7) is 4.48. The Labute approximate surface area is 183 Å². The zero-order valence-electron chi connectivity index (χ0n) is 17.7. The summed E-state index contributed by atoms with van der Waals surface area (Å²) in [7, 11) is 0. The molecule has 154 valence electrons. The Morgan fingerprint density at radius 3 is 2.65 bits per heavy atom. The summed E-state index contributed by atoms with van der Waals surface area (Å²) < 4.78 is 0. The molecule has 4 heteroatoms. The predicted octanol–water partition coefficient (Wildman–Crippen LogP) is 5.87. The number of hydrogen-bond donors (Lipinski definition) is 2. The predicted molar refractivity (Wildman–Crippen MR) is 126 cm³/mol. The Kier molecular flexibility index (Phi) is 5.28. The van der Waals surface area contributed by atoms with Crippen LogP contribution >= 0.6 is 0 Å². The van der Waals surface area contributed by atoms with E-state index in [1.54, 1.807) is 0 Å². The fourth-order valence-electron chi connectivity index (χ4n) is 4.84. The minimum atomic E-state index is 0.376. The van der Waals surface area contributed by atoms with Gasteiger partial charge in [-0.3, -0.25) is 4.98 Å². The van der Waals surface area contributed by atoms with E-state index in [4.69, 9.17) is 0 Å². The molecule has 2 aromatic heterocycles. The maximum absolute atomic E-state index is 9.49. The molecule has 0 spiro atoms. The number of nitrogens with one attached hydrogen (secondary N) is 2. The average Bonchev–Trinajstić information content (AvgIpc) is 3.23. The van der Waals surface area contributed by atoms with Crippen LogP contribution in [0.15, 0.2) is 67.0 Å². The summed E-state index contributed by atoms with van der Waals surface area (Å²) in [4.78, 5) is 8.29. The lowest BCUT2D eigenvalue weighted by Crippen LogP contribution is -2.32. The lowest BCUT2D eigenvalue weighted by atomic mass is 9.83. The van der Waals surface area contributed by atoms with E-state index in [1.165, 1.54) is 24.1 Å². The van der Waals surface area contributed by atoms with Crippen LogP contribution in [-0.2, 0) is 0 Å². The van der Waals surface area contributed by atoms with Crippen molar-refractivity contribution < 1.29 is 0 Å². The largest absolute Gasteiger partial charge is 0.358 e. The molecule has 4 aromatic rings. The number of fused-ring (bicyclic) bond motifs is 1. The van der Waals surface area contributed by atoms with Gasteiger partial charge in [0, 0.05) is 51.6 Å². The molecule has 2 N–H and O–H groups in total. The summed E-state index contributed by atoms with van der Waals surface area (Å²) in [5.41, 5.74) is 7.51. The number of aromatic amines is 1. The molecule has 0 amide bonds. The van der Waals surface area contributed by atoms with Crippen molar-refractivity contribution in [3.63, 3.8) is 0 Å². The summed E-state index contributed by atoms with van der Waals surface area (Å²) in [5.74, 6) is 0.961. The van der Waals surface area contributed by atoms with Gasteiger partial charge in [0.1, 0.15) is 0 Å². The maximum Gasteiger partial charge on any atom is 0.0991 e. The van der Waals surface area contributed by atoms with E-state index >= 15 is 0 Å². The average molecular weight is 407 g/mol. The molecule has 4 nitrogen and oxygen atoms in total. The van der Waals surface area contributed by atoms with E-state index in [2.05, 4.69) is 58.6 Å². The Balaban J connectivity index is 1.68. The van der Waals surface area contributed by atoms with Crippen LogP contribution in [0.3, 0.4) is 0 Å². The molecular formula is C27H26N4. The maximum atomic E-state index is 9.49. The van der Waals surface area contributed by atoms with E-state index in [1.807, 2.05) is 36.7 Å². The first-order chi connectivity index (χ1) is 15.2. The van der Waals surface area contributed by atoms with Crippen LogP contribution in [0, 0.1) is 17.2 Å². The van der Waals surface area contributed by atoms with E-state index < -0.39 is 0 Å². The van der Waals surface area contributed by atoms with Crippen molar-refractivity contribution >= 4 is 10.9 Å². The third-order valence-electron chi connectivity index (χ3n) is 6.59. The number of H-pyrrole nitrogens is 1. The number of aromatic nitrogens is 2. The second kappa shape index (κ2) is 8.37. The van der Waals surface area contributed by atoms with Gasteiger partial charge in [-0.1, -0.05) is 37.3 Å². The van der Waals surface area contributed by atoms with Gasteiger partial charge in [-0.05, 0) is 61.7 Å². The normalized spacial score (nSPS) is 17.4. The van der Waals surface area contributed by atoms with Crippen molar-refractivity contribution in [3.05, 3.63) is 78.2 Å². The third kappa shape index (κ3) is 3.73. The molecule has 1 fully saturated rings. The molecule has 31 heavy (non-hydrogen) atoms. The summed E-state index contributed by atoms with van der Waals surface area (Å²) in [5, 5.41) is 14.1. The van der Waals surface area contributed by atoms with Gasteiger partial charge in [-0.25, -0.2) is 0 Å². The molecule has 0 aliphatic carbocycles. The van der Waals surface area contributed by atoms with Crippen molar-refractivity contribution in [1.82, 2.24) is 15.3 Å². The highest BCUT2D eigenvalue weighted by Gasteiger charge is 2.26. The topological polar surface area (TPSA) is 64.5 Å². The van der Waals surface area contributed by atoms with E-state index in [0.717, 1.165) is 40.7 Å². The lowest BCUT2D eigenvalue weighted by Gasteiger charge is -2.28. The molecule has 0 bridgehead atoms. The van der Waals surface area contributed by atoms with Crippen LogP contribution in [0.2, 0.25) is 0 Å². The second-order valence-corrected chi connectivity index (χ2v) is 8.51. The highest BCUT2D eigenvalue weighted by Crippen LogP contribution is 2.41. The van der Waals surface area contributed by atoms with Gasteiger partial charge >= 0.3 is 0 Å². The minimum absolute atomic E-state index is 0.376. The quantitative estimate of drug-likeness (QED) is 0.445. The number of hydrogen-bond acceptors (Lipinski definition) is 3. The molecule has 2 unspecified atom stereocenters. The number of rotatable bonds is 4. The lowest BCUT2D eigenvalue weighted by molar-refractivity contribution is 0.332. The van der Waals surface area contributed by atoms with Crippen LogP contribution in [0.25, 0.3) is 33.2 Å². The van der Waals surface area contributed by atoms with Crippen molar-refractivity contribution in [3.8, 4) is 28.3 Å². The number of piperidine rings is 1. The van der Waals surface area contributed by atoms with Gasteiger partial charge in [0.2, 0.25) is 0 Å². The van der Waals surface area contributed by atoms with Crippen LogP contribution in [0.1, 0.15) is 36.9 Å². The molecule has 2 aromatic carbocycles. The van der Waals surface area contributed by atoms with Gasteiger partial charge in [0.25, 0.3) is 0 Å². The standard InChI is InChI=1S/C27H26N4/c1-18(21-8-5-11-29-15-21)27-26(24-12-19(14-28)9-10-25(24)31-27)23-13-22(16-30-17-23)20-6-3-2-4-7-20/h2-4,6-7,9-10,12-13,16-18,21,29,31H,5,8,11,15H2,1H3. The Morgan fingerprint density at radius 1 is 1.03 bits per heavy atom. The van der Waals surface area contributed by atoms with Crippen LogP contribution in [0.5, 0.6) is 0 Å².